The molecule has 1 aliphatic rings. The van der Waals surface area contributed by atoms with Crippen LogP contribution in [0.15, 0.2) is 30.5 Å². The minimum absolute atomic E-state index is 0.0404. The number of hydrogen-bond acceptors (Lipinski definition) is 6. The maximum Gasteiger partial charge on any atom is 0.407 e. The van der Waals surface area contributed by atoms with Gasteiger partial charge in [-0.15, -0.1) is 0 Å². The molecule has 10 nitrogen and oxygen atoms in total. The molecule has 1 saturated heterocycles. The van der Waals surface area contributed by atoms with Gasteiger partial charge in [0, 0.05) is 38.2 Å². The standard InChI is InChI=1S/C22H27FN6O4/c1-33-11-8-17-12-14(7-10-28(17)22(31)32)19(6-9-24)29-13-18(20(25)30)21(27-29)26-16-4-2-15(23)3-5-16/h2-5,13-14,17,19H,6-8,10-12H2,1H3,(H2,25,30)(H,26,27)(H,31,32)/t14?,17?,19-/m0/s1. The highest BCUT2D eigenvalue weighted by atomic mass is 19.1. The van der Waals surface area contributed by atoms with Crippen LogP contribution in [-0.4, -0.2) is 58.1 Å². The molecule has 2 unspecified atom stereocenters. The maximum absolute atomic E-state index is 13.2. The molecule has 0 radical (unpaired) electrons. The van der Waals surface area contributed by atoms with Gasteiger partial charge in [-0.05, 0) is 49.4 Å². The molecule has 33 heavy (non-hydrogen) atoms. The molecule has 1 aliphatic heterocycles. The molecular formula is C22H27FN6O4. The number of nitrogens with one attached hydrogen (secondary N) is 1. The summed E-state index contributed by atoms with van der Waals surface area (Å²) in [6.45, 7) is 0.754. The first kappa shape index (κ1) is 24.0. The van der Waals surface area contributed by atoms with Crippen LogP contribution in [0.1, 0.15) is 42.1 Å². The minimum Gasteiger partial charge on any atom is -0.465 e. The normalized spacial score (nSPS) is 19.0. The molecule has 2 amide bonds. The van der Waals surface area contributed by atoms with Crippen molar-refractivity contribution < 1.29 is 23.8 Å². The summed E-state index contributed by atoms with van der Waals surface area (Å²) in [6.07, 6.45) is 2.28. The van der Waals surface area contributed by atoms with E-state index in [1.165, 1.54) is 35.4 Å². The number of carbonyl (C=O) groups is 2. The van der Waals surface area contributed by atoms with Crippen LogP contribution in [0.4, 0.5) is 20.7 Å². The Kier molecular flexibility index (Phi) is 7.84. The molecule has 0 bridgehead atoms. The number of rotatable bonds is 9. The number of methoxy groups -OCH3 is 1. The molecular weight excluding hydrogens is 431 g/mol. The lowest BCUT2D eigenvalue weighted by Crippen LogP contribution is -2.47. The second-order valence-electron chi connectivity index (χ2n) is 7.99. The number of nitriles is 1. The van der Waals surface area contributed by atoms with E-state index in [2.05, 4.69) is 16.5 Å². The Balaban J connectivity index is 1.88. The van der Waals surface area contributed by atoms with Gasteiger partial charge in [0.1, 0.15) is 11.4 Å². The summed E-state index contributed by atoms with van der Waals surface area (Å²) in [5.41, 5.74) is 6.21. The third kappa shape index (κ3) is 5.78. The second-order valence-corrected chi connectivity index (χ2v) is 7.99. The van der Waals surface area contributed by atoms with Crippen LogP contribution in [0.5, 0.6) is 0 Å². The molecule has 176 valence electrons. The molecule has 1 aromatic carbocycles. The first-order chi connectivity index (χ1) is 15.8. The predicted molar refractivity (Wildman–Crippen MR) is 117 cm³/mol. The summed E-state index contributed by atoms with van der Waals surface area (Å²) >= 11 is 0. The summed E-state index contributed by atoms with van der Waals surface area (Å²) in [4.78, 5) is 25.1. The summed E-state index contributed by atoms with van der Waals surface area (Å²) in [5.74, 6) is -0.927. The van der Waals surface area contributed by atoms with Crippen molar-refractivity contribution in [2.24, 2.45) is 11.7 Å². The Morgan fingerprint density at radius 3 is 2.76 bits per heavy atom. The van der Waals surface area contributed by atoms with Gasteiger partial charge in [0.05, 0.1) is 18.5 Å². The van der Waals surface area contributed by atoms with Crippen LogP contribution in [-0.2, 0) is 4.74 Å². The summed E-state index contributed by atoms with van der Waals surface area (Å²) in [6, 6.07) is 7.12. The number of primary amides is 1. The van der Waals surface area contributed by atoms with Crippen molar-refractivity contribution in [2.75, 3.05) is 25.6 Å². The summed E-state index contributed by atoms with van der Waals surface area (Å²) in [5, 5.41) is 26.5. The lowest BCUT2D eigenvalue weighted by Gasteiger charge is -2.40. The second kappa shape index (κ2) is 10.8. The van der Waals surface area contributed by atoms with E-state index in [-0.39, 0.29) is 35.8 Å². The average Bonchev–Trinajstić information content (AvgIpc) is 3.21. The van der Waals surface area contributed by atoms with Gasteiger partial charge in [0.2, 0.25) is 0 Å². The third-order valence-corrected chi connectivity index (χ3v) is 5.95. The van der Waals surface area contributed by atoms with Gasteiger partial charge in [-0.1, -0.05) is 0 Å². The van der Waals surface area contributed by atoms with Crippen molar-refractivity contribution in [3.05, 3.63) is 41.8 Å². The zero-order chi connectivity index (χ0) is 24.0. The van der Waals surface area contributed by atoms with Crippen LogP contribution >= 0.6 is 0 Å². The van der Waals surface area contributed by atoms with Crippen LogP contribution in [0, 0.1) is 23.1 Å². The number of ether oxygens (including phenoxy) is 1. The fourth-order valence-electron chi connectivity index (χ4n) is 4.28. The third-order valence-electron chi connectivity index (χ3n) is 5.95. The number of nitrogens with zero attached hydrogens (tertiary/aromatic N) is 4. The molecule has 1 aromatic heterocycles. The van der Waals surface area contributed by atoms with E-state index < -0.39 is 17.8 Å². The number of halogens is 1. The number of piperidine rings is 1. The highest BCUT2D eigenvalue weighted by Crippen LogP contribution is 2.36. The van der Waals surface area contributed by atoms with Crippen LogP contribution in [0.25, 0.3) is 0 Å². The summed E-state index contributed by atoms with van der Waals surface area (Å²) in [7, 11) is 1.56. The van der Waals surface area contributed by atoms with Gasteiger partial charge in [0.15, 0.2) is 5.82 Å². The maximum atomic E-state index is 13.2. The van der Waals surface area contributed by atoms with Gasteiger partial charge >= 0.3 is 6.09 Å². The monoisotopic (exact) mass is 458 g/mol. The molecule has 0 aliphatic carbocycles. The van der Waals surface area contributed by atoms with Crippen molar-refractivity contribution in [1.29, 1.82) is 5.26 Å². The molecule has 1 fully saturated rings. The number of benzene rings is 1. The molecule has 2 heterocycles. The first-order valence-corrected chi connectivity index (χ1v) is 10.6. The Labute approximate surface area is 190 Å². The summed E-state index contributed by atoms with van der Waals surface area (Å²) < 4.78 is 19.9. The number of hydrogen-bond donors (Lipinski definition) is 3. The zero-order valence-corrected chi connectivity index (χ0v) is 18.3. The van der Waals surface area contributed by atoms with Crippen LogP contribution in [0.3, 0.4) is 0 Å². The Bertz CT molecular complexity index is 1020. The van der Waals surface area contributed by atoms with Crippen LogP contribution < -0.4 is 11.1 Å². The molecule has 11 heteroatoms. The molecule has 0 saturated carbocycles. The topological polar surface area (TPSA) is 146 Å². The average molecular weight is 458 g/mol. The minimum atomic E-state index is -0.979. The van der Waals surface area contributed by atoms with Crippen LogP contribution in [0.2, 0.25) is 0 Å². The lowest BCUT2D eigenvalue weighted by atomic mass is 9.83. The van der Waals surface area contributed by atoms with Crippen molar-refractivity contribution in [3.8, 4) is 6.07 Å². The van der Waals surface area contributed by atoms with E-state index in [9.17, 15) is 24.3 Å². The number of aromatic nitrogens is 2. The molecule has 2 aromatic rings. The Hall–Kier alpha value is -3.65. The van der Waals surface area contributed by atoms with E-state index in [1.54, 1.807) is 11.8 Å². The molecule has 3 rings (SSSR count). The smallest absolute Gasteiger partial charge is 0.407 e. The van der Waals surface area contributed by atoms with E-state index in [4.69, 9.17) is 10.5 Å². The fourth-order valence-corrected chi connectivity index (χ4v) is 4.28. The number of carbonyl (C=O) groups excluding carboxylic acids is 1. The van der Waals surface area contributed by atoms with E-state index in [0.717, 1.165) is 0 Å². The number of nitrogens with two attached hydrogens (primary N) is 1. The largest absolute Gasteiger partial charge is 0.465 e. The van der Waals surface area contributed by atoms with Gasteiger partial charge in [0.25, 0.3) is 5.91 Å². The highest BCUT2D eigenvalue weighted by molar-refractivity contribution is 5.98. The van der Waals surface area contributed by atoms with Crippen molar-refractivity contribution in [1.82, 2.24) is 14.7 Å². The van der Waals surface area contributed by atoms with Gasteiger partial charge < -0.3 is 25.8 Å². The fraction of sp³-hybridized carbons (Fsp3) is 0.455. The van der Waals surface area contributed by atoms with E-state index >= 15 is 0 Å². The number of anilines is 2. The van der Waals surface area contributed by atoms with Crippen molar-refractivity contribution in [3.63, 3.8) is 0 Å². The van der Waals surface area contributed by atoms with Gasteiger partial charge in [-0.3, -0.25) is 9.48 Å². The Morgan fingerprint density at radius 2 is 2.15 bits per heavy atom. The zero-order valence-electron chi connectivity index (χ0n) is 18.3. The quantitative estimate of drug-likeness (QED) is 0.523. The molecule has 4 N–H and O–H groups in total. The van der Waals surface area contributed by atoms with Crippen molar-refractivity contribution in [2.45, 2.75) is 37.8 Å². The number of amides is 2. The first-order valence-electron chi connectivity index (χ1n) is 10.6. The van der Waals surface area contributed by atoms with Gasteiger partial charge in [-0.25, -0.2) is 9.18 Å². The van der Waals surface area contributed by atoms with E-state index in [0.29, 0.717) is 38.1 Å². The molecule has 0 spiro atoms. The lowest BCUT2D eigenvalue weighted by molar-refractivity contribution is 0.0585. The van der Waals surface area contributed by atoms with Gasteiger partial charge in [-0.2, -0.15) is 10.4 Å². The number of likely N-dealkylation sites (tertiary alicyclic amines) is 1. The molecule has 3 atom stereocenters. The SMILES string of the molecule is COCCC1CC([C@H](CC#N)n2cc(C(N)=O)c(Nc3ccc(F)cc3)n2)CCN1C(=O)O. The Morgan fingerprint density at radius 1 is 1.42 bits per heavy atom. The predicted octanol–water partition coefficient (Wildman–Crippen LogP) is 3.11. The van der Waals surface area contributed by atoms with E-state index in [1.807, 2.05) is 0 Å². The number of carboxylic acid groups (broad SMARTS) is 1. The highest BCUT2D eigenvalue weighted by Gasteiger charge is 2.36. The van der Waals surface area contributed by atoms with Crippen molar-refractivity contribution >= 4 is 23.5 Å².